The SMILES string of the molecule is COc1ccc(-c2oc3c(CC=C(C)C)c(O[C@@H]4O[C@H](CO)[C@@H](O)[C@H](O)[C@H]4N=O)cc(O)c3c(=O)c2O[C@@H]2O[C@@H](C)[C@H](O)[C@@H](O)[C@H]2O)cc1. The van der Waals surface area contributed by atoms with Gasteiger partial charge in [0.25, 0.3) is 0 Å². The Bertz CT molecular complexity index is 1740. The minimum atomic E-state index is -1.78. The topological polar surface area (TPSA) is 247 Å². The molecule has 49 heavy (non-hydrogen) atoms. The molecule has 7 N–H and O–H groups in total. The highest BCUT2D eigenvalue weighted by Crippen LogP contribution is 2.42. The van der Waals surface area contributed by atoms with Crippen molar-refractivity contribution in [3.63, 3.8) is 0 Å². The van der Waals surface area contributed by atoms with Gasteiger partial charge in [-0.15, -0.1) is 0 Å². The van der Waals surface area contributed by atoms with Crippen LogP contribution in [0.1, 0.15) is 26.3 Å². The van der Waals surface area contributed by atoms with E-state index in [9.17, 15) is 45.4 Å². The summed E-state index contributed by atoms with van der Waals surface area (Å²) in [5.41, 5.74) is 0.247. The van der Waals surface area contributed by atoms with E-state index < -0.39 is 84.9 Å². The first-order valence-electron chi connectivity index (χ1n) is 15.4. The Hall–Kier alpha value is -4.13. The number of hydrogen-bond donors (Lipinski definition) is 7. The summed E-state index contributed by atoms with van der Waals surface area (Å²) in [5.74, 6) is -1.01. The number of aromatic hydroxyl groups is 1. The number of phenolic OH excluding ortho intramolecular Hbond substituents is 1. The van der Waals surface area contributed by atoms with Crippen molar-refractivity contribution in [1.82, 2.24) is 0 Å². The van der Waals surface area contributed by atoms with Crippen LogP contribution in [-0.2, 0) is 15.9 Å². The van der Waals surface area contributed by atoms with E-state index in [1.165, 1.54) is 14.0 Å². The largest absolute Gasteiger partial charge is 0.507 e. The zero-order valence-corrected chi connectivity index (χ0v) is 27.0. The normalized spacial score (nSPS) is 30.1. The van der Waals surface area contributed by atoms with Crippen LogP contribution in [-0.4, -0.2) is 111 Å². The molecule has 0 unspecified atom stereocenters. The second kappa shape index (κ2) is 14.8. The fourth-order valence-corrected chi connectivity index (χ4v) is 5.63. The second-order valence-corrected chi connectivity index (χ2v) is 12.1. The Morgan fingerprint density at radius 1 is 0.939 bits per heavy atom. The molecule has 0 aliphatic carbocycles. The summed E-state index contributed by atoms with van der Waals surface area (Å²) in [6, 6.07) is 5.70. The summed E-state index contributed by atoms with van der Waals surface area (Å²) in [4.78, 5) is 26.0. The van der Waals surface area contributed by atoms with Crippen LogP contribution in [0.5, 0.6) is 23.0 Å². The minimum absolute atomic E-state index is 0.0478. The fourth-order valence-electron chi connectivity index (χ4n) is 5.63. The maximum atomic E-state index is 14.3. The Labute approximate surface area is 279 Å². The zero-order chi connectivity index (χ0) is 35.7. The number of aliphatic hydroxyl groups excluding tert-OH is 6. The molecule has 0 spiro atoms. The molecule has 2 fully saturated rings. The standard InChI is InChI=1S/C33H39NO15/c1-13(2)5-10-17-19(46-32-22(34-43)26(40)24(38)20(12-35)47-32)11-18(36)21-25(39)31(49-33-28(42)27(41)23(37)14(3)45-33)29(48-30(17)21)15-6-8-16(44-4)9-7-15/h5-9,11,14,20,22-24,26-28,32-33,35-38,40-42H,10,12H2,1-4H3/t14-,20+,22+,23-,24+,26+,27+,28+,32+,33-/m0/s1. The fraction of sp³-hybridized carbons (Fsp3) is 0.485. The lowest BCUT2D eigenvalue weighted by Crippen LogP contribution is -2.59. The van der Waals surface area contributed by atoms with Gasteiger partial charge in [-0.05, 0) is 51.5 Å². The van der Waals surface area contributed by atoms with E-state index in [1.54, 1.807) is 30.3 Å². The van der Waals surface area contributed by atoms with Gasteiger partial charge < -0.3 is 63.8 Å². The number of aliphatic hydroxyl groups is 6. The van der Waals surface area contributed by atoms with Gasteiger partial charge in [-0.25, -0.2) is 0 Å². The van der Waals surface area contributed by atoms with Gasteiger partial charge in [0.15, 0.2) is 11.8 Å². The molecule has 2 aromatic carbocycles. The first-order chi connectivity index (χ1) is 23.3. The second-order valence-electron chi connectivity index (χ2n) is 12.1. The number of phenols is 1. The summed E-state index contributed by atoms with van der Waals surface area (Å²) in [7, 11) is 1.46. The summed E-state index contributed by atoms with van der Waals surface area (Å²) in [5, 5.41) is 75.4. The molecule has 3 aromatic rings. The summed E-state index contributed by atoms with van der Waals surface area (Å²) in [6.45, 7) is 4.34. The molecule has 266 valence electrons. The van der Waals surface area contributed by atoms with E-state index >= 15 is 0 Å². The quantitative estimate of drug-likeness (QED) is 0.115. The van der Waals surface area contributed by atoms with Crippen molar-refractivity contribution >= 4 is 11.0 Å². The van der Waals surface area contributed by atoms with Crippen LogP contribution in [0.25, 0.3) is 22.3 Å². The molecule has 2 aliphatic rings. The highest BCUT2D eigenvalue weighted by Gasteiger charge is 2.47. The maximum Gasteiger partial charge on any atom is 0.239 e. The number of methoxy groups -OCH3 is 1. The third-order valence-electron chi connectivity index (χ3n) is 8.49. The van der Waals surface area contributed by atoms with E-state index in [0.29, 0.717) is 5.75 Å². The van der Waals surface area contributed by atoms with Gasteiger partial charge in [0.05, 0.1) is 19.8 Å². The Kier molecular flexibility index (Phi) is 10.9. The number of ether oxygens (including phenoxy) is 5. The molecule has 0 bridgehead atoms. The number of rotatable bonds is 10. The van der Waals surface area contributed by atoms with Crippen LogP contribution in [0.15, 0.2) is 56.4 Å². The van der Waals surface area contributed by atoms with Gasteiger partial charge in [-0.3, -0.25) is 4.79 Å². The van der Waals surface area contributed by atoms with Crippen LogP contribution < -0.4 is 19.6 Å². The molecule has 2 saturated heterocycles. The van der Waals surface area contributed by atoms with Crippen LogP contribution in [0.4, 0.5) is 0 Å². The van der Waals surface area contributed by atoms with E-state index in [2.05, 4.69) is 5.18 Å². The van der Waals surface area contributed by atoms with Crippen molar-refractivity contribution in [2.45, 2.75) is 88.5 Å². The van der Waals surface area contributed by atoms with Gasteiger partial charge in [0.2, 0.25) is 23.8 Å². The average Bonchev–Trinajstić information content (AvgIpc) is 3.08. The van der Waals surface area contributed by atoms with E-state index in [1.807, 2.05) is 13.8 Å². The lowest BCUT2D eigenvalue weighted by atomic mass is 9.97. The monoisotopic (exact) mass is 689 g/mol. The third-order valence-corrected chi connectivity index (χ3v) is 8.49. The van der Waals surface area contributed by atoms with Crippen molar-refractivity contribution in [3.8, 4) is 34.3 Å². The van der Waals surface area contributed by atoms with Crippen molar-refractivity contribution in [2.75, 3.05) is 13.7 Å². The van der Waals surface area contributed by atoms with Crippen molar-refractivity contribution in [2.24, 2.45) is 5.18 Å². The number of nitrogens with zero attached hydrogens (tertiary/aromatic N) is 1. The third kappa shape index (κ3) is 6.99. The van der Waals surface area contributed by atoms with E-state index in [-0.39, 0.29) is 40.0 Å². The average molecular weight is 690 g/mol. The van der Waals surface area contributed by atoms with Crippen molar-refractivity contribution < 1.29 is 63.8 Å². The number of allylic oxidation sites excluding steroid dienone is 2. The highest BCUT2D eigenvalue weighted by atomic mass is 16.7. The first-order valence-corrected chi connectivity index (χ1v) is 15.4. The minimum Gasteiger partial charge on any atom is -0.507 e. The van der Waals surface area contributed by atoms with Crippen LogP contribution >= 0.6 is 0 Å². The molecule has 3 heterocycles. The predicted octanol–water partition coefficient (Wildman–Crippen LogP) is 0.842. The van der Waals surface area contributed by atoms with Gasteiger partial charge in [0.1, 0.15) is 64.8 Å². The van der Waals surface area contributed by atoms with Crippen molar-refractivity contribution in [1.29, 1.82) is 0 Å². The lowest BCUT2D eigenvalue weighted by molar-refractivity contribution is -0.268. The van der Waals surface area contributed by atoms with E-state index in [4.69, 9.17) is 28.1 Å². The number of hydrogen-bond acceptors (Lipinski definition) is 16. The molecule has 16 nitrogen and oxygen atoms in total. The molecule has 16 heteroatoms. The molecule has 0 radical (unpaired) electrons. The molecule has 0 amide bonds. The van der Waals surface area contributed by atoms with Crippen LogP contribution in [0.3, 0.4) is 0 Å². The van der Waals surface area contributed by atoms with Gasteiger partial charge in [-0.2, -0.15) is 4.91 Å². The number of benzene rings is 2. The Morgan fingerprint density at radius 3 is 2.24 bits per heavy atom. The Balaban J connectivity index is 1.72. The highest BCUT2D eigenvalue weighted by molar-refractivity contribution is 5.91. The molecule has 10 atom stereocenters. The summed E-state index contributed by atoms with van der Waals surface area (Å²) in [6.07, 6.45) is -12.1. The summed E-state index contributed by atoms with van der Waals surface area (Å²) < 4.78 is 34.6. The first kappa shape index (κ1) is 36.2. The van der Waals surface area contributed by atoms with Crippen molar-refractivity contribution in [3.05, 3.63) is 62.7 Å². The lowest BCUT2D eigenvalue weighted by Gasteiger charge is -2.39. The van der Waals surface area contributed by atoms with Crippen LogP contribution in [0.2, 0.25) is 0 Å². The predicted molar refractivity (Wildman–Crippen MR) is 170 cm³/mol. The number of fused-ring (bicyclic) bond motifs is 1. The van der Waals surface area contributed by atoms with Gasteiger partial charge in [0, 0.05) is 17.2 Å². The Morgan fingerprint density at radius 2 is 1.63 bits per heavy atom. The van der Waals surface area contributed by atoms with E-state index in [0.717, 1.165) is 11.6 Å². The zero-order valence-electron chi connectivity index (χ0n) is 27.0. The van der Waals surface area contributed by atoms with Gasteiger partial charge in [-0.1, -0.05) is 16.8 Å². The summed E-state index contributed by atoms with van der Waals surface area (Å²) >= 11 is 0. The van der Waals surface area contributed by atoms with Gasteiger partial charge >= 0.3 is 0 Å². The maximum absolute atomic E-state index is 14.3. The molecule has 2 aliphatic heterocycles. The van der Waals surface area contributed by atoms with Crippen LogP contribution in [0, 0.1) is 4.91 Å². The molecule has 1 aromatic heterocycles. The molecular weight excluding hydrogens is 650 g/mol. The number of nitroso groups, excluding NO2 is 1. The molecular formula is C33H39NO15. The molecule has 5 rings (SSSR count). The molecule has 0 saturated carbocycles. The smallest absolute Gasteiger partial charge is 0.239 e.